The average Bonchev–Trinajstić information content (AvgIpc) is 2.40. The first-order valence-corrected chi connectivity index (χ1v) is 6.79. The van der Waals surface area contributed by atoms with Gasteiger partial charge in [0.15, 0.2) is 5.78 Å². The summed E-state index contributed by atoms with van der Waals surface area (Å²) in [6.45, 7) is 4.19. The molecule has 2 heteroatoms. The molecule has 0 aromatic heterocycles. The van der Waals surface area contributed by atoms with Gasteiger partial charge in [-0.15, -0.1) is 0 Å². The summed E-state index contributed by atoms with van der Waals surface area (Å²) < 4.78 is 0. The number of aryl methyl sites for hydroxylation is 3. The molecule has 19 heavy (non-hydrogen) atoms. The minimum atomic E-state index is 0.140. The number of Topliss-reactive ketones (excluding diaryl/α,β-unsaturated/α-hetero) is 1. The van der Waals surface area contributed by atoms with Crippen LogP contribution in [0.15, 0.2) is 42.5 Å². The van der Waals surface area contributed by atoms with Gasteiger partial charge < -0.3 is 0 Å². The summed E-state index contributed by atoms with van der Waals surface area (Å²) in [6.07, 6.45) is 1.29. The highest BCUT2D eigenvalue weighted by molar-refractivity contribution is 6.31. The number of hydrogen-bond donors (Lipinski definition) is 0. The molecule has 0 heterocycles. The van der Waals surface area contributed by atoms with Gasteiger partial charge in [0, 0.05) is 17.0 Å². The first-order chi connectivity index (χ1) is 9.06. The second-order valence-electron chi connectivity index (χ2n) is 4.85. The van der Waals surface area contributed by atoms with Gasteiger partial charge in [-0.3, -0.25) is 4.79 Å². The van der Waals surface area contributed by atoms with Gasteiger partial charge in [-0.25, -0.2) is 0 Å². The highest BCUT2D eigenvalue weighted by Crippen LogP contribution is 2.15. The fourth-order valence-electron chi connectivity index (χ4n) is 2.02. The summed E-state index contributed by atoms with van der Waals surface area (Å²) in [5.41, 5.74) is 4.45. The van der Waals surface area contributed by atoms with E-state index in [4.69, 9.17) is 11.6 Å². The molecule has 2 aromatic carbocycles. The van der Waals surface area contributed by atoms with Crippen LogP contribution in [0.1, 0.15) is 33.5 Å². The normalized spacial score (nSPS) is 10.5. The molecule has 0 atom stereocenters. The van der Waals surface area contributed by atoms with Crippen molar-refractivity contribution in [2.75, 3.05) is 0 Å². The van der Waals surface area contributed by atoms with Crippen molar-refractivity contribution in [3.63, 3.8) is 0 Å². The molecule has 0 bridgehead atoms. The topological polar surface area (TPSA) is 17.1 Å². The minimum absolute atomic E-state index is 0.140. The van der Waals surface area contributed by atoms with Crippen LogP contribution in [0.4, 0.5) is 0 Å². The van der Waals surface area contributed by atoms with E-state index in [1.807, 2.05) is 12.1 Å². The van der Waals surface area contributed by atoms with Crippen molar-refractivity contribution in [1.29, 1.82) is 0 Å². The Bertz CT molecular complexity index is 602. The molecule has 0 saturated heterocycles. The van der Waals surface area contributed by atoms with Gasteiger partial charge in [0.2, 0.25) is 0 Å². The lowest BCUT2D eigenvalue weighted by molar-refractivity contribution is 0.0983. The van der Waals surface area contributed by atoms with Crippen LogP contribution in [0, 0.1) is 13.8 Å². The quantitative estimate of drug-likeness (QED) is 0.733. The Morgan fingerprint density at radius 3 is 2.53 bits per heavy atom. The lowest BCUT2D eigenvalue weighted by Crippen LogP contribution is -2.01. The van der Waals surface area contributed by atoms with E-state index in [2.05, 4.69) is 32.0 Å². The Balaban J connectivity index is 2.02. The third-order valence-corrected chi connectivity index (χ3v) is 3.59. The van der Waals surface area contributed by atoms with Crippen molar-refractivity contribution >= 4 is 17.4 Å². The third-order valence-electron chi connectivity index (χ3n) is 3.36. The van der Waals surface area contributed by atoms with E-state index in [9.17, 15) is 4.79 Å². The van der Waals surface area contributed by atoms with E-state index >= 15 is 0 Å². The molecular weight excluding hydrogens is 256 g/mol. The number of hydrogen-bond acceptors (Lipinski definition) is 1. The van der Waals surface area contributed by atoms with Crippen molar-refractivity contribution < 1.29 is 4.79 Å². The first kappa shape index (κ1) is 13.8. The lowest BCUT2D eigenvalue weighted by atomic mass is 10.00. The van der Waals surface area contributed by atoms with Gasteiger partial charge >= 0.3 is 0 Å². The van der Waals surface area contributed by atoms with Crippen LogP contribution in [0.5, 0.6) is 0 Å². The van der Waals surface area contributed by atoms with Gasteiger partial charge in [0.1, 0.15) is 0 Å². The van der Waals surface area contributed by atoms with E-state index in [0.29, 0.717) is 17.0 Å². The van der Waals surface area contributed by atoms with Gasteiger partial charge in [-0.05, 0) is 49.1 Å². The molecule has 1 nitrogen and oxygen atoms in total. The smallest absolute Gasteiger partial charge is 0.163 e. The second-order valence-corrected chi connectivity index (χ2v) is 5.29. The summed E-state index contributed by atoms with van der Waals surface area (Å²) in [6, 6.07) is 13.5. The first-order valence-electron chi connectivity index (χ1n) is 6.41. The van der Waals surface area contributed by atoms with E-state index in [0.717, 1.165) is 6.42 Å². The fraction of sp³-hybridized carbons (Fsp3) is 0.235. The van der Waals surface area contributed by atoms with E-state index < -0.39 is 0 Å². The largest absolute Gasteiger partial charge is 0.294 e. The maximum Gasteiger partial charge on any atom is 0.163 e. The SMILES string of the molecule is Cc1ccc(CCC(=O)c2cccc(Cl)c2)cc1C. The summed E-state index contributed by atoms with van der Waals surface area (Å²) in [5.74, 6) is 0.140. The number of rotatable bonds is 4. The van der Waals surface area contributed by atoms with Crippen molar-refractivity contribution in [2.24, 2.45) is 0 Å². The molecule has 0 radical (unpaired) electrons. The Kier molecular flexibility index (Phi) is 4.39. The number of carbonyl (C=O) groups is 1. The molecule has 2 aromatic rings. The number of carbonyl (C=O) groups excluding carboxylic acids is 1. The van der Waals surface area contributed by atoms with Crippen LogP contribution in [-0.4, -0.2) is 5.78 Å². The van der Waals surface area contributed by atoms with Crippen molar-refractivity contribution in [1.82, 2.24) is 0 Å². The molecule has 0 N–H and O–H groups in total. The molecule has 0 unspecified atom stereocenters. The molecule has 0 saturated carbocycles. The van der Waals surface area contributed by atoms with Gasteiger partial charge in [0.25, 0.3) is 0 Å². The molecule has 98 valence electrons. The van der Waals surface area contributed by atoms with Gasteiger partial charge in [-0.2, -0.15) is 0 Å². The number of benzene rings is 2. The summed E-state index contributed by atoms with van der Waals surface area (Å²) in [7, 11) is 0. The molecule has 0 fully saturated rings. The van der Waals surface area contributed by atoms with Crippen LogP contribution < -0.4 is 0 Å². The molecular formula is C17H17ClO. The average molecular weight is 273 g/mol. The molecule has 0 spiro atoms. The van der Waals surface area contributed by atoms with E-state index in [1.54, 1.807) is 12.1 Å². The van der Waals surface area contributed by atoms with Crippen LogP contribution in [0.3, 0.4) is 0 Å². The minimum Gasteiger partial charge on any atom is -0.294 e. The maximum atomic E-state index is 12.1. The zero-order valence-electron chi connectivity index (χ0n) is 11.2. The van der Waals surface area contributed by atoms with Crippen LogP contribution in [-0.2, 0) is 6.42 Å². The summed E-state index contributed by atoms with van der Waals surface area (Å²) in [4.78, 5) is 12.1. The van der Waals surface area contributed by atoms with Crippen molar-refractivity contribution in [3.05, 3.63) is 69.7 Å². The van der Waals surface area contributed by atoms with Crippen molar-refractivity contribution in [3.8, 4) is 0 Å². The highest BCUT2D eigenvalue weighted by atomic mass is 35.5. The van der Waals surface area contributed by atoms with Crippen molar-refractivity contribution in [2.45, 2.75) is 26.7 Å². The maximum absolute atomic E-state index is 12.1. The van der Waals surface area contributed by atoms with Crippen LogP contribution in [0.25, 0.3) is 0 Å². The standard InChI is InChI=1S/C17H17ClO/c1-12-6-7-14(10-13(12)2)8-9-17(19)15-4-3-5-16(18)11-15/h3-7,10-11H,8-9H2,1-2H3. The Morgan fingerprint density at radius 2 is 1.84 bits per heavy atom. The summed E-state index contributed by atoms with van der Waals surface area (Å²) in [5, 5.41) is 0.608. The predicted octanol–water partition coefficient (Wildman–Crippen LogP) is 4.77. The Morgan fingerprint density at radius 1 is 1.05 bits per heavy atom. The predicted molar refractivity (Wildman–Crippen MR) is 80.0 cm³/mol. The second kappa shape index (κ2) is 6.03. The highest BCUT2D eigenvalue weighted by Gasteiger charge is 2.07. The third kappa shape index (κ3) is 3.68. The molecule has 0 aliphatic carbocycles. The molecule has 0 amide bonds. The zero-order chi connectivity index (χ0) is 13.8. The van der Waals surface area contributed by atoms with E-state index in [-0.39, 0.29) is 5.78 Å². The molecule has 0 aliphatic heterocycles. The molecule has 0 aliphatic rings. The monoisotopic (exact) mass is 272 g/mol. The number of ketones is 1. The Hall–Kier alpha value is -1.60. The molecule has 2 rings (SSSR count). The fourth-order valence-corrected chi connectivity index (χ4v) is 2.21. The Labute approximate surface area is 119 Å². The number of halogens is 1. The zero-order valence-corrected chi connectivity index (χ0v) is 12.0. The summed E-state index contributed by atoms with van der Waals surface area (Å²) >= 11 is 5.89. The van der Waals surface area contributed by atoms with E-state index in [1.165, 1.54) is 16.7 Å². The van der Waals surface area contributed by atoms with Crippen LogP contribution >= 0.6 is 11.6 Å². The van der Waals surface area contributed by atoms with Gasteiger partial charge in [0.05, 0.1) is 0 Å². The lowest BCUT2D eigenvalue weighted by Gasteiger charge is -2.05. The van der Waals surface area contributed by atoms with Gasteiger partial charge in [-0.1, -0.05) is 41.9 Å². The van der Waals surface area contributed by atoms with Crippen LogP contribution in [0.2, 0.25) is 5.02 Å².